The molecule has 1 unspecified atom stereocenters. The molecule has 0 saturated heterocycles. The molecule has 8 nitrogen and oxygen atoms in total. The van der Waals surface area contributed by atoms with Crippen molar-refractivity contribution in [1.82, 2.24) is 9.44 Å². The molecule has 112 valence electrons. The summed E-state index contributed by atoms with van der Waals surface area (Å²) in [7, 11) is -4.27. The summed E-state index contributed by atoms with van der Waals surface area (Å²) in [6.45, 7) is 6.62. The molecule has 3 N–H and O–H groups in total. The summed E-state index contributed by atoms with van der Waals surface area (Å²) in [6.07, 6.45) is -1.53. The smallest absolute Gasteiger partial charge is 0.422 e. The summed E-state index contributed by atoms with van der Waals surface area (Å²) in [4.78, 5) is 22.0. The van der Waals surface area contributed by atoms with Gasteiger partial charge in [-0.05, 0) is 26.2 Å². The molecule has 1 amide bonds. The number of rotatable bonds is 7. The van der Waals surface area contributed by atoms with Gasteiger partial charge in [0.1, 0.15) is 6.04 Å². The summed E-state index contributed by atoms with van der Waals surface area (Å²) in [5.41, 5.74) is 0. The van der Waals surface area contributed by atoms with Gasteiger partial charge in [0.15, 0.2) is 0 Å². The number of ether oxygens (including phenoxy) is 1. The van der Waals surface area contributed by atoms with E-state index < -0.39 is 34.4 Å². The SMILES string of the molecule is CC(C)CC(NS(=O)(=O)NC(=O)OC(C)C)C(=O)O. The lowest BCUT2D eigenvalue weighted by Gasteiger charge is -2.17. The fourth-order valence-corrected chi connectivity index (χ4v) is 2.13. The van der Waals surface area contributed by atoms with E-state index >= 15 is 0 Å². The molecule has 0 aliphatic rings. The molecule has 0 aliphatic carbocycles. The summed E-state index contributed by atoms with van der Waals surface area (Å²) in [5, 5.41) is 8.89. The Morgan fingerprint density at radius 3 is 2.11 bits per heavy atom. The Balaban J connectivity index is 4.64. The Kier molecular flexibility index (Phi) is 6.77. The van der Waals surface area contributed by atoms with E-state index in [0.29, 0.717) is 0 Å². The van der Waals surface area contributed by atoms with Gasteiger partial charge in [0, 0.05) is 0 Å². The molecule has 0 aromatic carbocycles. The van der Waals surface area contributed by atoms with Crippen molar-refractivity contribution in [2.75, 3.05) is 0 Å². The van der Waals surface area contributed by atoms with Crippen LogP contribution in [0.25, 0.3) is 0 Å². The molecular formula is C10H20N2O6S. The Bertz CT molecular complexity index is 418. The van der Waals surface area contributed by atoms with Gasteiger partial charge in [0.25, 0.3) is 0 Å². The van der Waals surface area contributed by atoms with E-state index in [9.17, 15) is 18.0 Å². The van der Waals surface area contributed by atoms with Crippen LogP contribution >= 0.6 is 0 Å². The number of hydrogen-bond donors (Lipinski definition) is 3. The van der Waals surface area contributed by atoms with Gasteiger partial charge < -0.3 is 9.84 Å². The third kappa shape index (κ3) is 8.38. The van der Waals surface area contributed by atoms with Gasteiger partial charge in [0.05, 0.1) is 6.10 Å². The predicted octanol–water partition coefficient (Wildman–Crippen LogP) is 0.455. The van der Waals surface area contributed by atoms with Crippen molar-refractivity contribution in [3.63, 3.8) is 0 Å². The second-order valence-electron chi connectivity index (χ2n) is 4.70. The van der Waals surface area contributed by atoms with Gasteiger partial charge in [-0.2, -0.15) is 13.1 Å². The molecular weight excluding hydrogens is 276 g/mol. The standard InChI is InChI=1S/C10H20N2O6S/c1-6(2)5-8(9(13)14)11-19(16,17)12-10(15)18-7(3)4/h6-8,11H,5H2,1-4H3,(H,12,15)(H,13,14). The highest BCUT2D eigenvalue weighted by atomic mass is 32.2. The van der Waals surface area contributed by atoms with E-state index in [4.69, 9.17) is 5.11 Å². The summed E-state index contributed by atoms with van der Waals surface area (Å²) < 4.78 is 31.1. The van der Waals surface area contributed by atoms with Crippen molar-refractivity contribution in [1.29, 1.82) is 0 Å². The van der Waals surface area contributed by atoms with E-state index in [1.807, 2.05) is 4.72 Å². The molecule has 19 heavy (non-hydrogen) atoms. The zero-order valence-electron chi connectivity index (χ0n) is 11.3. The second kappa shape index (κ2) is 7.29. The van der Waals surface area contributed by atoms with Crippen molar-refractivity contribution in [2.24, 2.45) is 5.92 Å². The summed E-state index contributed by atoms with van der Waals surface area (Å²) in [5.74, 6) is -1.33. The maximum absolute atomic E-state index is 11.5. The van der Waals surface area contributed by atoms with Crippen molar-refractivity contribution >= 4 is 22.3 Å². The highest BCUT2D eigenvalue weighted by Crippen LogP contribution is 2.05. The van der Waals surface area contributed by atoms with Crippen LogP contribution in [0.5, 0.6) is 0 Å². The highest BCUT2D eigenvalue weighted by Gasteiger charge is 2.26. The zero-order valence-corrected chi connectivity index (χ0v) is 12.2. The van der Waals surface area contributed by atoms with E-state index in [2.05, 4.69) is 4.74 Å². The van der Waals surface area contributed by atoms with E-state index in [1.54, 1.807) is 32.4 Å². The number of amides is 1. The van der Waals surface area contributed by atoms with Crippen LogP contribution in [0.15, 0.2) is 0 Å². The molecule has 0 aliphatic heterocycles. The number of nitrogens with one attached hydrogen (secondary N) is 2. The van der Waals surface area contributed by atoms with Crippen LogP contribution in [0.3, 0.4) is 0 Å². The minimum absolute atomic E-state index is 0.0218. The maximum atomic E-state index is 11.5. The number of carbonyl (C=O) groups is 2. The molecule has 0 fully saturated rings. The second-order valence-corrected chi connectivity index (χ2v) is 6.14. The van der Waals surface area contributed by atoms with Crippen LogP contribution in [-0.4, -0.2) is 37.7 Å². The molecule has 0 aromatic heterocycles. The van der Waals surface area contributed by atoms with Gasteiger partial charge in [0.2, 0.25) is 0 Å². The van der Waals surface area contributed by atoms with Crippen LogP contribution in [0.4, 0.5) is 4.79 Å². The third-order valence-electron chi connectivity index (χ3n) is 1.86. The van der Waals surface area contributed by atoms with Crippen molar-refractivity contribution in [3.05, 3.63) is 0 Å². The number of aliphatic carboxylic acids is 1. The highest BCUT2D eigenvalue weighted by molar-refractivity contribution is 7.88. The van der Waals surface area contributed by atoms with Crippen LogP contribution in [0, 0.1) is 5.92 Å². The Morgan fingerprint density at radius 1 is 1.21 bits per heavy atom. The number of carboxylic acids is 1. The molecule has 0 aromatic rings. The van der Waals surface area contributed by atoms with Crippen molar-refractivity contribution < 1.29 is 27.9 Å². The monoisotopic (exact) mass is 296 g/mol. The Hall–Kier alpha value is -1.35. The minimum atomic E-state index is -4.27. The van der Waals surface area contributed by atoms with Crippen LogP contribution in [0.2, 0.25) is 0 Å². The molecule has 9 heteroatoms. The average Bonchev–Trinajstić information content (AvgIpc) is 2.11. The number of hydrogen-bond acceptors (Lipinski definition) is 5. The van der Waals surface area contributed by atoms with Crippen LogP contribution < -0.4 is 9.44 Å². The summed E-state index contributed by atoms with van der Waals surface area (Å²) in [6, 6.07) is -1.30. The van der Waals surface area contributed by atoms with Crippen molar-refractivity contribution in [2.45, 2.75) is 46.3 Å². The molecule has 0 radical (unpaired) electrons. The van der Waals surface area contributed by atoms with Gasteiger partial charge in [-0.3, -0.25) is 4.79 Å². The fourth-order valence-electron chi connectivity index (χ4n) is 1.24. The topological polar surface area (TPSA) is 122 Å². The Labute approximate surface area is 112 Å². The van der Waals surface area contributed by atoms with Gasteiger partial charge >= 0.3 is 22.3 Å². The minimum Gasteiger partial charge on any atom is -0.480 e. The van der Waals surface area contributed by atoms with Gasteiger partial charge in [-0.25, -0.2) is 9.52 Å². The molecule has 0 saturated carbocycles. The maximum Gasteiger partial charge on any atom is 0.422 e. The lowest BCUT2D eigenvalue weighted by Crippen LogP contribution is -2.48. The average molecular weight is 296 g/mol. The zero-order chi connectivity index (χ0) is 15.2. The normalized spacial score (nSPS) is 13.4. The van der Waals surface area contributed by atoms with Gasteiger partial charge in [-0.15, -0.1) is 0 Å². The lowest BCUT2D eigenvalue weighted by atomic mass is 10.1. The van der Waals surface area contributed by atoms with Crippen molar-refractivity contribution in [3.8, 4) is 0 Å². The first-order valence-corrected chi connectivity index (χ1v) is 7.25. The van der Waals surface area contributed by atoms with E-state index in [1.165, 1.54) is 0 Å². The predicted molar refractivity (Wildman–Crippen MR) is 67.7 cm³/mol. The quantitative estimate of drug-likeness (QED) is 0.627. The molecule has 1 atom stereocenters. The van der Waals surface area contributed by atoms with E-state index in [-0.39, 0.29) is 12.3 Å². The largest absolute Gasteiger partial charge is 0.480 e. The lowest BCUT2D eigenvalue weighted by molar-refractivity contribution is -0.139. The molecule has 0 bridgehead atoms. The Morgan fingerprint density at radius 2 is 1.74 bits per heavy atom. The van der Waals surface area contributed by atoms with Gasteiger partial charge in [-0.1, -0.05) is 13.8 Å². The summed E-state index contributed by atoms with van der Waals surface area (Å²) >= 11 is 0. The number of carboxylic acid groups (broad SMARTS) is 1. The van der Waals surface area contributed by atoms with Crippen LogP contribution in [-0.2, 0) is 19.7 Å². The number of carbonyl (C=O) groups excluding carboxylic acids is 1. The third-order valence-corrected chi connectivity index (χ3v) is 2.89. The molecule has 0 rings (SSSR count). The van der Waals surface area contributed by atoms with Crippen LogP contribution in [0.1, 0.15) is 34.1 Å². The molecule has 0 spiro atoms. The first-order chi connectivity index (χ1) is 8.53. The first kappa shape index (κ1) is 17.6. The fraction of sp³-hybridized carbons (Fsp3) is 0.800. The molecule has 0 heterocycles. The van der Waals surface area contributed by atoms with E-state index in [0.717, 1.165) is 0 Å². The first-order valence-electron chi connectivity index (χ1n) is 5.77.